The van der Waals surface area contributed by atoms with Crippen LogP contribution in [-0.2, 0) is 0 Å². The van der Waals surface area contributed by atoms with Crippen LogP contribution in [-0.4, -0.2) is 40.1 Å². The van der Waals surface area contributed by atoms with Crippen molar-refractivity contribution in [2.24, 2.45) is 5.73 Å². The first-order valence-electron chi connectivity index (χ1n) is 7.07. The Hall–Kier alpha value is -2.74. The number of pyridine rings is 2. The average Bonchev–Trinajstić information content (AvgIpc) is 2.94. The van der Waals surface area contributed by atoms with E-state index in [1.165, 1.54) is 6.20 Å². The van der Waals surface area contributed by atoms with E-state index >= 15 is 0 Å². The molecule has 0 bridgehead atoms. The number of primary amides is 1. The van der Waals surface area contributed by atoms with Crippen molar-refractivity contribution < 1.29 is 9.53 Å². The molecule has 2 N–H and O–H groups in total. The van der Waals surface area contributed by atoms with Gasteiger partial charge in [0.1, 0.15) is 23.1 Å². The van der Waals surface area contributed by atoms with E-state index in [-0.39, 0.29) is 11.8 Å². The summed E-state index contributed by atoms with van der Waals surface area (Å²) in [7, 11) is 0. The molecule has 1 aliphatic rings. The number of amides is 1. The molecule has 0 unspecified atom stereocenters. The van der Waals surface area contributed by atoms with Crippen molar-refractivity contribution in [3.8, 4) is 5.75 Å². The molecule has 3 aromatic heterocycles. The van der Waals surface area contributed by atoms with E-state index in [1.54, 1.807) is 35.9 Å². The average molecular weight is 327 g/mol. The summed E-state index contributed by atoms with van der Waals surface area (Å²) >= 11 is 1.64. The van der Waals surface area contributed by atoms with Crippen LogP contribution in [0.4, 0.5) is 5.13 Å². The smallest absolute Gasteiger partial charge is 0.267 e. The fraction of sp³-hybridized carbons (Fsp3) is 0.200. The van der Waals surface area contributed by atoms with Gasteiger partial charge in [-0.05, 0) is 12.1 Å². The molecule has 0 aliphatic carbocycles. The lowest BCUT2D eigenvalue weighted by Crippen LogP contribution is -2.54. The van der Waals surface area contributed by atoms with Gasteiger partial charge in [-0.3, -0.25) is 14.8 Å². The Morgan fingerprint density at radius 2 is 2.22 bits per heavy atom. The minimum atomic E-state index is -0.561. The van der Waals surface area contributed by atoms with Crippen LogP contribution in [0, 0.1) is 0 Å². The molecular weight excluding hydrogens is 314 g/mol. The van der Waals surface area contributed by atoms with Crippen molar-refractivity contribution in [1.29, 1.82) is 0 Å². The van der Waals surface area contributed by atoms with Crippen LogP contribution < -0.4 is 15.4 Å². The lowest BCUT2D eigenvalue weighted by atomic mass is 10.2. The van der Waals surface area contributed by atoms with E-state index in [4.69, 9.17) is 10.5 Å². The summed E-state index contributed by atoms with van der Waals surface area (Å²) in [5.74, 6) is 0.0423. The normalized spacial score (nSPS) is 14.7. The third kappa shape index (κ3) is 2.68. The summed E-state index contributed by atoms with van der Waals surface area (Å²) in [6.07, 6.45) is 5.12. The maximum Gasteiger partial charge on any atom is 0.267 e. The number of thiazole rings is 1. The number of rotatable bonds is 4. The highest BCUT2D eigenvalue weighted by Crippen LogP contribution is 2.31. The molecular formula is C15H13N5O2S. The van der Waals surface area contributed by atoms with Gasteiger partial charge in [-0.25, -0.2) is 4.98 Å². The minimum Gasteiger partial charge on any atom is -0.487 e. The van der Waals surface area contributed by atoms with Gasteiger partial charge in [-0.1, -0.05) is 11.3 Å². The molecule has 1 aliphatic heterocycles. The van der Waals surface area contributed by atoms with Crippen molar-refractivity contribution in [3.63, 3.8) is 0 Å². The Kier molecular flexibility index (Phi) is 3.30. The molecule has 1 saturated heterocycles. The van der Waals surface area contributed by atoms with E-state index in [0.29, 0.717) is 5.75 Å². The third-order valence-electron chi connectivity index (χ3n) is 3.58. The van der Waals surface area contributed by atoms with Crippen LogP contribution in [0.2, 0.25) is 0 Å². The lowest BCUT2D eigenvalue weighted by Gasteiger charge is -2.38. The Labute approximate surface area is 135 Å². The summed E-state index contributed by atoms with van der Waals surface area (Å²) < 4.78 is 6.97. The second kappa shape index (κ2) is 5.47. The number of hydrogen-bond donors (Lipinski definition) is 1. The Morgan fingerprint density at radius 3 is 3.00 bits per heavy atom. The summed E-state index contributed by atoms with van der Waals surface area (Å²) in [4.78, 5) is 25.8. The molecule has 0 saturated carbocycles. The summed E-state index contributed by atoms with van der Waals surface area (Å²) in [6.45, 7) is 1.50. The van der Waals surface area contributed by atoms with Gasteiger partial charge in [0.2, 0.25) is 0 Å². The van der Waals surface area contributed by atoms with Crippen molar-refractivity contribution in [1.82, 2.24) is 15.0 Å². The second-order valence-corrected chi connectivity index (χ2v) is 6.23. The van der Waals surface area contributed by atoms with Crippen molar-refractivity contribution in [2.45, 2.75) is 6.10 Å². The van der Waals surface area contributed by atoms with Crippen LogP contribution in [0.5, 0.6) is 5.75 Å². The highest BCUT2D eigenvalue weighted by Gasteiger charge is 2.30. The van der Waals surface area contributed by atoms with Crippen LogP contribution in [0.15, 0.2) is 36.8 Å². The van der Waals surface area contributed by atoms with Gasteiger partial charge in [0.25, 0.3) is 5.91 Å². The van der Waals surface area contributed by atoms with Crippen molar-refractivity contribution in [3.05, 3.63) is 42.5 Å². The molecule has 23 heavy (non-hydrogen) atoms. The number of ether oxygens (including phenoxy) is 1. The minimum absolute atomic E-state index is 0.0586. The molecule has 0 aromatic carbocycles. The van der Waals surface area contributed by atoms with Gasteiger partial charge in [-0.15, -0.1) is 0 Å². The zero-order valence-electron chi connectivity index (χ0n) is 12.0. The molecule has 1 amide bonds. The summed E-state index contributed by atoms with van der Waals surface area (Å²) in [5, 5.41) is 0.973. The Balaban J connectivity index is 1.41. The van der Waals surface area contributed by atoms with E-state index < -0.39 is 5.91 Å². The first-order chi connectivity index (χ1) is 11.2. The predicted molar refractivity (Wildman–Crippen MR) is 86.8 cm³/mol. The molecule has 7 nitrogen and oxygen atoms in total. The number of carbonyl (C=O) groups excluding carboxylic acids is 1. The molecule has 4 rings (SSSR count). The fourth-order valence-corrected chi connectivity index (χ4v) is 3.33. The number of nitrogens with two attached hydrogens (primary N) is 1. The van der Waals surface area contributed by atoms with E-state index in [1.807, 2.05) is 6.07 Å². The van der Waals surface area contributed by atoms with Crippen LogP contribution in [0.3, 0.4) is 0 Å². The highest BCUT2D eigenvalue weighted by molar-refractivity contribution is 7.22. The highest BCUT2D eigenvalue weighted by atomic mass is 32.1. The van der Waals surface area contributed by atoms with Crippen LogP contribution in [0.25, 0.3) is 10.2 Å². The number of fused-ring (bicyclic) bond motifs is 1. The van der Waals surface area contributed by atoms with Gasteiger partial charge >= 0.3 is 0 Å². The van der Waals surface area contributed by atoms with Gasteiger partial charge < -0.3 is 15.4 Å². The fourth-order valence-electron chi connectivity index (χ4n) is 2.38. The zero-order chi connectivity index (χ0) is 15.8. The van der Waals surface area contributed by atoms with Gasteiger partial charge in [0, 0.05) is 18.5 Å². The number of carbonyl (C=O) groups is 1. The van der Waals surface area contributed by atoms with Gasteiger partial charge in [-0.2, -0.15) is 0 Å². The first kappa shape index (κ1) is 13.9. The largest absolute Gasteiger partial charge is 0.487 e. The summed E-state index contributed by atoms with van der Waals surface area (Å²) in [6, 6.07) is 5.25. The van der Waals surface area contributed by atoms with Crippen LogP contribution in [0.1, 0.15) is 10.5 Å². The maximum atomic E-state index is 11.1. The molecule has 1 fully saturated rings. The number of anilines is 1. The molecule has 0 radical (unpaired) electrons. The molecule has 0 atom stereocenters. The zero-order valence-corrected chi connectivity index (χ0v) is 12.9. The lowest BCUT2D eigenvalue weighted by molar-refractivity contribution is 0.0994. The standard InChI is InChI=1S/C15H13N5O2S/c16-14(21)11-5-9(1-4-18-11)22-10-7-20(8-10)15-19-12-6-17-3-2-13(12)23-15/h1-6,10H,7-8H2,(H2,16,21). The van der Waals surface area contributed by atoms with Gasteiger partial charge in [0.05, 0.1) is 24.0 Å². The van der Waals surface area contributed by atoms with E-state index in [2.05, 4.69) is 19.9 Å². The molecule has 0 spiro atoms. The molecule has 8 heteroatoms. The monoisotopic (exact) mass is 327 g/mol. The van der Waals surface area contributed by atoms with Crippen molar-refractivity contribution >= 4 is 32.6 Å². The second-order valence-electron chi connectivity index (χ2n) is 5.23. The first-order valence-corrected chi connectivity index (χ1v) is 7.89. The van der Waals surface area contributed by atoms with E-state index in [0.717, 1.165) is 28.4 Å². The molecule has 4 heterocycles. The number of aromatic nitrogens is 3. The SMILES string of the molecule is NC(=O)c1cc(OC2CN(c3nc4cnccc4s3)C2)ccn1. The molecule has 3 aromatic rings. The Morgan fingerprint density at radius 1 is 1.35 bits per heavy atom. The molecule has 116 valence electrons. The number of hydrogen-bond acceptors (Lipinski definition) is 7. The van der Waals surface area contributed by atoms with E-state index in [9.17, 15) is 4.79 Å². The maximum absolute atomic E-state index is 11.1. The predicted octanol–water partition coefficient (Wildman–Crippen LogP) is 1.45. The Bertz CT molecular complexity index is 842. The third-order valence-corrected chi connectivity index (χ3v) is 4.68. The quantitative estimate of drug-likeness (QED) is 0.779. The van der Waals surface area contributed by atoms with Crippen molar-refractivity contribution in [2.75, 3.05) is 18.0 Å². The summed E-state index contributed by atoms with van der Waals surface area (Å²) in [5.41, 5.74) is 6.34. The number of nitrogens with zero attached hydrogens (tertiary/aromatic N) is 4. The van der Waals surface area contributed by atoms with Crippen LogP contribution >= 0.6 is 11.3 Å². The topological polar surface area (TPSA) is 94.2 Å². The van der Waals surface area contributed by atoms with Gasteiger partial charge in [0.15, 0.2) is 5.13 Å².